The normalized spacial score (nSPS) is 11.0. The summed E-state index contributed by atoms with van der Waals surface area (Å²) in [4.78, 5) is 73.3. The maximum absolute atomic E-state index is 12.4. The summed E-state index contributed by atoms with van der Waals surface area (Å²) >= 11 is 0.979. The quantitative estimate of drug-likeness (QED) is 0.196. The van der Waals surface area contributed by atoms with Crippen LogP contribution in [0.15, 0.2) is 36.4 Å². The van der Waals surface area contributed by atoms with E-state index in [2.05, 4.69) is 26.6 Å². The summed E-state index contributed by atoms with van der Waals surface area (Å²) in [6.07, 6.45) is -0.821. The molecule has 1 aromatic heterocycles. The van der Waals surface area contributed by atoms with Crippen LogP contribution in [0, 0.1) is 22.7 Å². The number of anilines is 1. The number of ether oxygens (including phenoxy) is 2. The third kappa shape index (κ3) is 13.0. The molecule has 1 atom stereocenters. The smallest absolute Gasteiger partial charge is 0.408 e. The van der Waals surface area contributed by atoms with Crippen LogP contribution in [0.4, 0.5) is 10.5 Å². The number of rotatable bonds is 13. The summed E-state index contributed by atoms with van der Waals surface area (Å²) in [5, 5.41) is 29.6. The van der Waals surface area contributed by atoms with Gasteiger partial charge in [0.1, 0.15) is 28.7 Å². The van der Waals surface area contributed by atoms with Gasteiger partial charge in [0.25, 0.3) is 5.91 Å². The van der Waals surface area contributed by atoms with Crippen LogP contribution in [0.2, 0.25) is 0 Å². The summed E-state index contributed by atoms with van der Waals surface area (Å²) in [5.41, 5.74) is 0.182. The van der Waals surface area contributed by atoms with Gasteiger partial charge in [0, 0.05) is 12.1 Å². The van der Waals surface area contributed by atoms with E-state index in [9.17, 15) is 28.8 Å². The molecule has 232 valence electrons. The fraction of sp³-hybridized carbons (Fsp3) is 0.357. The average molecular weight is 626 g/mol. The van der Waals surface area contributed by atoms with E-state index in [4.69, 9.17) is 20.0 Å². The van der Waals surface area contributed by atoms with E-state index in [0.29, 0.717) is 16.1 Å². The third-order valence-corrected chi connectivity index (χ3v) is 6.16. The topological polar surface area (TPSA) is 229 Å². The van der Waals surface area contributed by atoms with Crippen molar-refractivity contribution in [3.8, 4) is 12.1 Å². The zero-order valence-corrected chi connectivity index (χ0v) is 25.0. The molecule has 1 heterocycles. The lowest BCUT2D eigenvalue weighted by molar-refractivity contribution is -0.144. The van der Waals surface area contributed by atoms with Crippen LogP contribution in [0.5, 0.6) is 0 Å². The van der Waals surface area contributed by atoms with E-state index in [1.807, 2.05) is 6.07 Å². The first-order valence-electron chi connectivity index (χ1n) is 13.0. The lowest BCUT2D eigenvalue weighted by atomic mass is 10.1. The molecule has 0 aliphatic carbocycles. The van der Waals surface area contributed by atoms with Crippen molar-refractivity contribution in [2.24, 2.45) is 0 Å². The van der Waals surface area contributed by atoms with Gasteiger partial charge in [0.15, 0.2) is 6.61 Å². The van der Waals surface area contributed by atoms with Gasteiger partial charge in [-0.2, -0.15) is 10.5 Å². The van der Waals surface area contributed by atoms with Gasteiger partial charge >= 0.3 is 12.1 Å². The minimum absolute atomic E-state index is 0.0132. The van der Waals surface area contributed by atoms with E-state index in [-0.39, 0.29) is 24.4 Å². The second-order valence-corrected chi connectivity index (χ2v) is 11.0. The molecule has 2 rings (SSSR count). The van der Waals surface area contributed by atoms with Gasteiger partial charge in [-0.3, -0.25) is 19.2 Å². The first-order valence-corrected chi connectivity index (χ1v) is 13.8. The van der Waals surface area contributed by atoms with E-state index in [0.717, 1.165) is 11.3 Å². The Morgan fingerprint density at radius 3 is 2.05 bits per heavy atom. The van der Waals surface area contributed by atoms with E-state index >= 15 is 0 Å². The van der Waals surface area contributed by atoms with E-state index in [1.54, 1.807) is 51.1 Å². The van der Waals surface area contributed by atoms with Crippen LogP contribution in [0.3, 0.4) is 0 Å². The number of carbonyl (C=O) groups is 6. The summed E-state index contributed by atoms with van der Waals surface area (Å²) < 4.78 is 10.0. The maximum Gasteiger partial charge on any atom is 0.408 e. The lowest BCUT2D eigenvalue weighted by Gasteiger charge is -2.22. The molecule has 0 radical (unpaired) electrons. The Bertz CT molecular complexity index is 1450. The van der Waals surface area contributed by atoms with Crippen LogP contribution in [0.1, 0.15) is 40.9 Å². The van der Waals surface area contributed by atoms with Crippen molar-refractivity contribution in [2.45, 2.75) is 38.8 Å². The second-order valence-electron chi connectivity index (χ2n) is 9.93. The highest BCUT2D eigenvalue weighted by Crippen LogP contribution is 2.15. The first kappa shape index (κ1) is 34.7. The van der Waals surface area contributed by atoms with Crippen LogP contribution >= 0.6 is 11.3 Å². The molecule has 0 bridgehead atoms. The molecule has 0 unspecified atom stereocenters. The highest BCUT2D eigenvalue weighted by molar-refractivity contribution is 7.14. The predicted octanol–water partition coefficient (Wildman–Crippen LogP) is 0.723. The highest BCUT2D eigenvalue weighted by Gasteiger charge is 2.26. The monoisotopic (exact) mass is 625 g/mol. The van der Waals surface area contributed by atoms with Crippen molar-refractivity contribution in [2.75, 3.05) is 31.6 Å². The minimum Gasteiger partial charge on any atom is -0.449 e. The van der Waals surface area contributed by atoms with Crippen LogP contribution in [0.25, 0.3) is 0 Å². The molecule has 2 aromatic rings. The van der Waals surface area contributed by atoms with Crippen molar-refractivity contribution < 1.29 is 38.2 Å². The SMILES string of the molecule is CC(C)(C)OC(=O)N[C@@H](Cc1ccc(NC(=O)CNC(=O)CNC(=O)CNC(=O)c2ccc(C#N)s2)cc1)C(=O)OCC#N. The molecule has 0 saturated heterocycles. The average Bonchev–Trinajstić information content (AvgIpc) is 3.46. The molecule has 44 heavy (non-hydrogen) atoms. The largest absolute Gasteiger partial charge is 0.449 e. The van der Waals surface area contributed by atoms with Gasteiger partial charge in [0.05, 0.1) is 24.5 Å². The van der Waals surface area contributed by atoms with Gasteiger partial charge in [-0.05, 0) is 50.6 Å². The van der Waals surface area contributed by atoms with E-state index < -0.39 is 60.5 Å². The number of nitrogens with one attached hydrogen (secondary N) is 5. The number of esters is 1. The highest BCUT2D eigenvalue weighted by atomic mass is 32.1. The fourth-order valence-electron chi connectivity index (χ4n) is 3.26. The maximum atomic E-state index is 12.4. The Hall–Kier alpha value is -5.48. The van der Waals surface area contributed by atoms with Gasteiger partial charge in [-0.15, -0.1) is 11.3 Å². The number of thiophene rings is 1. The summed E-state index contributed by atoms with van der Waals surface area (Å²) in [6, 6.07) is 11.7. The number of hydrogen-bond donors (Lipinski definition) is 5. The first-order chi connectivity index (χ1) is 20.8. The molecule has 16 heteroatoms. The fourth-order valence-corrected chi connectivity index (χ4v) is 3.98. The number of alkyl carbamates (subject to hydrolysis) is 1. The van der Waals surface area contributed by atoms with Crippen molar-refractivity contribution in [3.63, 3.8) is 0 Å². The third-order valence-electron chi connectivity index (χ3n) is 5.17. The van der Waals surface area contributed by atoms with Gasteiger partial charge in [-0.25, -0.2) is 9.59 Å². The zero-order chi connectivity index (χ0) is 32.7. The van der Waals surface area contributed by atoms with Crippen molar-refractivity contribution in [3.05, 3.63) is 51.7 Å². The minimum atomic E-state index is -1.13. The number of nitriles is 2. The molecule has 0 fully saturated rings. The summed E-state index contributed by atoms with van der Waals surface area (Å²) in [5.74, 6) is -3.17. The summed E-state index contributed by atoms with van der Waals surface area (Å²) in [6.45, 7) is 3.30. The van der Waals surface area contributed by atoms with Crippen LogP contribution < -0.4 is 26.6 Å². The molecule has 5 amide bonds. The van der Waals surface area contributed by atoms with Gasteiger partial charge < -0.3 is 36.1 Å². The van der Waals surface area contributed by atoms with Crippen molar-refractivity contribution >= 4 is 52.7 Å². The van der Waals surface area contributed by atoms with E-state index in [1.165, 1.54) is 12.1 Å². The predicted molar refractivity (Wildman–Crippen MR) is 156 cm³/mol. The van der Waals surface area contributed by atoms with Gasteiger partial charge in [-0.1, -0.05) is 12.1 Å². The Kier molecular flexibility index (Phi) is 13.3. The Morgan fingerprint density at radius 1 is 0.864 bits per heavy atom. The number of hydrogen-bond acceptors (Lipinski definition) is 11. The second kappa shape index (κ2) is 16.8. The van der Waals surface area contributed by atoms with Crippen molar-refractivity contribution in [1.82, 2.24) is 21.3 Å². The van der Waals surface area contributed by atoms with Crippen LogP contribution in [-0.4, -0.2) is 73.6 Å². The van der Waals surface area contributed by atoms with Crippen LogP contribution in [-0.2, 0) is 35.1 Å². The van der Waals surface area contributed by atoms with Crippen molar-refractivity contribution in [1.29, 1.82) is 10.5 Å². The molecule has 5 N–H and O–H groups in total. The molecule has 0 saturated carbocycles. The molecule has 1 aromatic carbocycles. The standard InChI is InChI=1S/C28H31N7O8S/c1-28(2,3)43-27(41)35-20(26(40)42-11-10-29)12-17-4-6-18(7-5-17)34-24(38)16-32-22(36)14-31-23(37)15-33-25(39)21-9-8-19(13-30)44-21/h4-9,20H,11-12,14-16H2,1-3H3,(H,31,37)(H,32,36)(H,33,39)(H,34,38)(H,35,41)/t20-/m0/s1. The number of nitrogens with zero attached hydrogens (tertiary/aromatic N) is 2. The number of carbonyl (C=O) groups excluding carboxylic acids is 6. The summed E-state index contributed by atoms with van der Waals surface area (Å²) in [7, 11) is 0. The van der Waals surface area contributed by atoms with Gasteiger partial charge in [0.2, 0.25) is 17.7 Å². The molecule has 15 nitrogen and oxygen atoms in total. The molecular formula is C28H31N7O8S. The lowest BCUT2D eigenvalue weighted by Crippen LogP contribution is -2.45. The number of amides is 5. The Balaban J connectivity index is 1.77. The molecule has 0 aliphatic heterocycles. The molecule has 0 spiro atoms. The molecular weight excluding hydrogens is 594 g/mol. The Labute approximate surface area is 256 Å². The number of benzene rings is 1. The Morgan fingerprint density at radius 2 is 1.48 bits per heavy atom. The zero-order valence-electron chi connectivity index (χ0n) is 24.1. The molecule has 0 aliphatic rings.